The number of piperidine rings is 1. The van der Waals surface area contributed by atoms with Crippen LogP contribution in [-0.4, -0.2) is 50.6 Å². The number of nitrogens with zero attached hydrogens (tertiary/aromatic N) is 5. The van der Waals surface area contributed by atoms with Crippen LogP contribution in [0.5, 0.6) is 5.75 Å². The van der Waals surface area contributed by atoms with Gasteiger partial charge in [-0.05, 0) is 64.5 Å². The van der Waals surface area contributed by atoms with Crippen molar-refractivity contribution in [1.29, 1.82) is 0 Å². The van der Waals surface area contributed by atoms with Gasteiger partial charge in [0, 0.05) is 49.7 Å². The molecule has 9 heteroatoms. The minimum Gasteiger partial charge on any atom is -0.496 e. The number of amides is 1. The lowest BCUT2D eigenvalue weighted by atomic mass is 9.92. The number of hydrogen-bond donors (Lipinski definition) is 1. The van der Waals surface area contributed by atoms with Gasteiger partial charge in [-0.1, -0.05) is 18.2 Å². The van der Waals surface area contributed by atoms with Crippen LogP contribution in [-0.2, 0) is 17.8 Å². The van der Waals surface area contributed by atoms with E-state index in [1.165, 1.54) is 0 Å². The van der Waals surface area contributed by atoms with E-state index >= 15 is 0 Å². The number of fused-ring (bicyclic) bond motifs is 1. The molecule has 8 nitrogen and oxygen atoms in total. The van der Waals surface area contributed by atoms with E-state index in [4.69, 9.17) is 9.72 Å². The SMILES string of the molecule is COc1ccc(CC(=O)N2CCC(c3cc(NCc4cccnc4)n4ncc(Br)c4n3)CC2)cc1C. The summed E-state index contributed by atoms with van der Waals surface area (Å²) in [6, 6.07) is 12.0. The van der Waals surface area contributed by atoms with Gasteiger partial charge in [0.25, 0.3) is 0 Å². The Kier molecular flexibility index (Phi) is 7.18. The Morgan fingerprint density at radius 3 is 2.72 bits per heavy atom. The highest BCUT2D eigenvalue weighted by Gasteiger charge is 2.26. The summed E-state index contributed by atoms with van der Waals surface area (Å²) in [5.41, 5.74) is 4.96. The van der Waals surface area contributed by atoms with Gasteiger partial charge in [0.15, 0.2) is 5.65 Å². The Balaban J connectivity index is 1.26. The summed E-state index contributed by atoms with van der Waals surface area (Å²) in [7, 11) is 1.66. The fraction of sp³-hybridized carbons (Fsp3) is 0.333. The zero-order valence-corrected chi connectivity index (χ0v) is 22.0. The first-order chi connectivity index (χ1) is 17.5. The van der Waals surface area contributed by atoms with Crippen molar-refractivity contribution >= 4 is 33.3 Å². The number of anilines is 1. The lowest BCUT2D eigenvalue weighted by Crippen LogP contribution is -2.39. The first kappa shape index (κ1) is 24.2. The number of aryl methyl sites for hydroxylation is 1. The molecular formula is C27H29BrN6O2. The zero-order valence-electron chi connectivity index (χ0n) is 20.4. The third-order valence-corrected chi connectivity index (χ3v) is 7.28. The highest BCUT2D eigenvalue weighted by Crippen LogP contribution is 2.31. The average molecular weight is 549 g/mol. The quantitative estimate of drug-likeness (QED) is 0.358. The molecule has 3 aromatic heterocycles. The summed E-state index contributed by atoms with van der Waals surface area (Å²) < 4.78 is 8.01. The number of halogens is 1. The average Bonchev–Trinajstić information content (AvgIpc) is 3.28. The van der Waals surface area contributed by atoms with Crippen LogP contribution in [0.4, 0.5) is 5.82 Å². The standard InChI is InChI=1S/C27H29BrN6O2/c1-18-12-19(5-6-24(18)36-2)13-26(35)33-10-7-21(8-11-33)23-14-25(30-16-20-4-3-9-29-15-20)34-27(32-23)22(28)17-31-34/h3-6,9,12,14-15,17,21,30H,7-8,10-11,13,16H2,1-2H3. The van der Waals surface area contributed by atoms with E-state index in [1.807, 2.05) is 52.9 Å². The van der Waals surface area contributed by atoms with Crippen LogP contribution >= 0.6 is 15.9 Å². The van der Waals surface area contributed by atoms with Crippen molar-refractivity contribution in [2.75, 3.05) is 25.5 Å². The van der Waals surface area contributed by atoms with Crippen molar-refractivity contribution in [2.24, 2.45) is 0 Å². The molecular weight excluding hydrogens is 520 g/mol. The van der Waals surface area contributed by atoms with Crippen molar-refractivity contribution < 1.29 is 9.53 Å². The van der Waals surface area contributed by atoms with Crippen molar-refractivity contribution in [3.05, 3.63) is 81.8 Å². The van der Waals surface area contributed by atoms with Gasteiger partial charge >= 0.3 is 0 Å². The van der Waals surface area contributed by atoms with Crippen LogP contribution < -0.4 is 10.1 Å². The molecule has 5 rings (SSSR count). The molecule has 4 heterocycles. The Labute approximate surface area is 218 Å². The normalized spacial score (nSPS) is 14.2. The van der Waals surface area contributed by atoms with E-state index in [0.717, 1.165) is 70.0 Å². The molecule has 0 atom stereocenters. The molecule has 0 radical (unpaired) electrons. The van der Waals surface area contributed by atoms with Gasteiger partial charge in [-0.15, -0.1) is 0 Å². The number of nitrogens with one attached hydrogen (secondary N) is 1. The van der Waals surface area contributed by atoms with Gasteiger partial charge in [-0.25, -0.2) is 4.98 Å². The number of aromatic nitrogens is 4. The first-order valence-corrected chi connectivity index (χ1v) is 12.9. The van der Waals surface area contributed by atoms with Gasteiger partial charge in [0.2, 0.25) is 5.91 Å². The molecule has 1 fully saturated rings. The van der Waals surface area contributed by atoms with Crippen LogP contribution in [0.3, 0.4) is 0 Å². The van der Waals surface area contributed by atoms with E-state index in [1.54, 1.807) is 19.5 Å². The second-order valence-corrected chi connectivity index (χ2v) is 10.00. The molecule has 0 spiro atoms. The van der Waals surface area contributed by atoms with Crippen molar-refractivity contribution in [2.45, 2.75) is 38.6 Å². The van der Waals surface area contributed by atoms with Crippen LogP contribution in [0.2, 0.25) is 0 Å². The highest BCUT2D eigenvalue weighted by molar-refractivity contribution is 9.10. The van der Waals surface area contributed by atoms with Crippen molar-refractivity contribution in [1.82, 2.24) is 24.5 Å². The zero-order chi connectivity index (χ0) is 25.1. The number of methoxy groups -OCH3 is 1. The van der Waals surface area contributed by atoms with Crippen LogP contribution in [0.25, 0.3) is 5.65 Å². The number of likely N-dealkylation sites (tertiary alicyclic amines) is 1. The summed E-state index contributed by atoms with van der Waals surface area (Å²) in [4.78, 5) is 24.1. The van der Waals surface area contributed by atoms with Crippen LogP contribution in [0.1, 0.15) is 41.1 Å². The molecule has 1 saturated heterocycles. The topological polar surface area (TPSA) is 84.7 Å². The molecule has 4 aromatic rings. The number of pyridine rings is 1. The molecule has 186 valence electrons. The molecule has 1 aliphatic rings. The summed E-state index contributed by atoms with van der Waals surface area (Å²) in [6.45, 7) is 4.09. The fourth-order valence-electron chi connectivity index (χ4n) is 4.75. The second-order valence-electron chi connectivity index (χ2n) is 9.14. The van der Waals surface area contributed by atoms with Crippen molar-refractivity contribution in [3.8, 4) is 5.75 Å². The lowest BCUT2D eigenvalue weighted by Gasteiger charge is -2.32. The maximum absolute atomic E-state index is 13.0. The molecule has 1 amide bonds. The molecule has 0 aliphatic carbocycles. The smallest absolute Gasteiger partial charge is 0.226 e. The Bertz CT molecular complexity index is 1370. The maximum atomic E-state index is 13.0. The summed E-state index contributed by atoms with van der Waals surface area (Å²) in [5.74, 6) is 2.18. The van der Waals surface area contributed by atoms with E-state index in [0.29, 0.717) is 13.0 Å². The monoisotopic (exact) mass is 548 g/mol. The lowest BCUT2D eigenvalue weighted by molar-refractivity contribution is -0.131. The number of benzene rings is 1. The van der Waals surface area contributed by atoms with Crippen LogP contribution in [0, 0.1) is 6.92 Å². The van der Waals surface area contributed by atoms with Gasteiger partial charge in [-0.2, -0.15) is 9.61 Å². The van der Waals surface area contributed by atoms with E-state index in [9.17, 15) is 4.79 Å². The number of carbonyl (C=O) groups is 1. The van der Waals surface area contributed by atoms with Gasteiger partial charge in [0.1, 0.15) is 11.6 Å². The number of rotatable bonds is 7. The third kappa shape index (κ3) is 5.21. The van der Waals surface area contributed by atoms with E-state index < -0.39 is 0 Å². The van der Waals surface area contributed by atoms with E-state index in [-0.39, 0.29) is 11.8 Å². The predicted octanol–water partition coefficient (Wildman–Crippen LogP) is 4.76. The maximum Gasteiger partial charge on any atom is 0.226 e. The molecule has 1 N–H and O–H groups in total. The van der Waals surface area contributed by atoms with Crippen molar-refractivity contribution in [3.63, 3.8) is 0 Å². The number of hydrogen-bond acceptors (Lipinski definition) is 6. The molecule has 0 saturated carbocycles. The summed E-state index contributed by atoms with van der Waals surface area (Å²) >= 11 is 3.59. The largest absolute Gasteiger partial charge is 0.496 e. The Morgan fingerprint density at radius 1 is 1.17 bits per heavy atom. The first-order valence-electron chi connectivity index (χ1n) is 12.1. The summed E-state index contributed by atoms with van der Waals surface area (Å²) in [5, 5.41) is 7.97. The Hall–Kier alpha value is -3.46. The highest BCUT2D eigenvalue weighted by atomic mass is 79.9. The van der Waals surface area contributed by atoms with Gasteiger partial charge in [0.05, 0.1) is 24.2 Å². The molecule has 1 aliphatic heterocycles. The molecule has 0 unspecified atom stereocenters. The minimum absolute atomic E-state index is 0.166. The second kappa shape index (κ2) is 10.7. The molecule has 1 aromatic carbocycles. The minimum atomic E-state index is 0.166. The molecule has 0 bridgehead atoms. The van der Waals surface area contributed by atoms with E-state index in [2.05, 4.69) is 37.4 Å². The summed E-state index contributed by atoms with van der Waals surface area (Å²) in [6.07, 6.45) is 7.56. The molecule has 36 heavy (non-hydrogen) atoms. The number of carbonyl (C=O) groups excluding carboxylic acids is 1. The number of ether oxygens (including phenoxy) is 1. The third-order valence-electron chi connectivity index (χ3n) is 6.73. The predicted molar refractivity (Wildman–Crippen MR) is 142 cm³/mol. The Morgan fingerprint density at radius 2 is 2.00 bits per heavy atom. The fourth-order valence-corrected chi connectivity index (χ4v) is 5.09. The van der Waals surface area contributed by atoms with Crippen LogP contribution in [0.15, 0.2) is 59.5 Å². The van der Waals surface area contributed by atoms with Gasteiger partial charge in [-0.3, -0.25) is 9.78 Å². The van der Waals surface area contributed by atoms with Gasteiger partial charge < -0.3 is 15.0 Å².